The van der Waals surface area contributed by atoms with Crippen molar-refractivity contribution in [1.82, 2.24) is 0 Å². The van der Waals surface area contributed by atoms with Crippen LogP contribution >= 0.6 is 0 Å². The molecule has 4 heteroatoms. The van der Waals surface area contributed by atoms with E-state index in [0.717, 1.165) is 6.42 Å². The molecule has 0 heterocycles. The van der Waals surface area contributed by atoms with Crippen LogP contribution in [0.1, 0.15) is 48.0 Å². The van der Waals surface area contributed by atoms with Crippen molar-refractivity contribution in [2.24, 2.45) is 16.7 Å². The zero-order valence-electron chi connectivity index (χ0n) is 10.7. The third-order valence-electron chi connectivity index (χ3n) is 2.50. The molecule has 0 aliphatic carbocycles. The lowest BCUT2D eigenvalue weighted by Crippen LogP contribution is -2.31. The van der Waals surface area contributed by atoms with Gasteiger partial charge < -0.3 is 0 Å². The Labute approximate surface area is 94.0 Å². The van der Waals surface area contributed by atoms with E-state index in [1.807, 2.05) is 20.8 Å². The van der Waals surface area contributed by atoms with Crippen molar-refractivity contribution in [3.8, 4) is 0 Å². The first-order valence-electron chi connectivity index (χ1n) is 5.26. The molecule has 0 radical (unpaired) electrons. The van der Waals surface area contributed by atoms with Crippen LogP contribution < -0.4 is 0 Å². The SMILES string of the molecule is CC(C)(C)CC(CS(=O)(=O)O)C(C)(C)C. The highest BCUT2D eigenvalue weighted by Gasteiger charge is 2.32. The summed E-state index contributed by atoms with van der Waals surface area (Å²) in [7, 11) is -3.88. The van der Waals surface area contributed by atoms with Crippen molar-refractivity contribution in [2.45, 2.75) is 48.0 Å². The zero-order valence-corrected chi connectivity index (χ0v) is 11.5. The summed E-state index contributed by atoms with van der Waals surface area (Å²) in [5.74, 6) is -0.166. The average Bonchev–Trinajstić information content (AvgIpc) is 1.75. The molecule has 1 atom stereocenters. The van der Waals surface area contributed by atoms with Crippen LogP contribution in [0.5, 0.6) is 0 Å². The molecular formula is C11H24O3S. The standard InChI is InChI=1S/C11H24O3S/c1-10(2,3)7-9(11(4,5)6)8-15(12,13)14/h9H,7-8H2,1-6H3,(H,12,13,14). The zero-order chi connectivity index (χ0) is 12.5. The second-order valence-corrected chi connectivity index (χ2v) is 8.07. The Morgan fingerprint density at radius 2 is 1.47 bits per heavy atom. The van der Waals surface area contributed by atoms with Gasteiger partial charge in [-0.25, -0.2) is 0 Å². The van der Waals surface area contributed by atoms with Gasteiger partial charge in [-0.1, -0.05) is 41.5 Å². The highest BCUT2D eigenvalue weighted by Crippen LogP contribution is 2.36. The summed E-state index contributed by atoms with van der Waals surface area (Å²) >= 11 is 0. The first-order valence-corrected chi connectivity index (χ1v) is 6.87. The molecular weight excluding hydrogens is 212 g/mol. The summed E-state index contributed by atoms with van der Waals surface area (Å²) in [6.45, 7) is 12.3. The Kier molecular flexibility index (Phi) is 4.39. The van der Waals surface area contributed by atoms with Crippen LogP contribution in [0.2, 0.25) is 0 Å². The van der Waals surface area contributed by atoms with E-state index in [-0.39, 0.29) is 22.5 Å². The Morgan fingerprint density at radius 1 is 1.07 bits per heavy atom. The lowest BCUT2D eigenvalue weighted by Gasteiger charge is -2.34. The van der Waals surface area contributed by atoms with Crippen LogP contribution in [0.15, 0.2) is 0 Å². The van der Waals surface area contributed by atoms with E-state index in [9.17, 15) is 8.42 Å². The molecule has 15 heavy (non-hydrogen) atoms. The van der Waals surface area contributed by atoms with Gasteiger partial charge in [0, 0.05) is 0 Å². The molecule has 92 valence electrons. The minimum Gasteiger partial charge on any atom is -0.286 e. The second kappa shape index (κ2) is 4.42. The number of hydrogen-bond acceptors (Lipinski definition) is 2. The Hall–Kier alpha value is -0.0900. The molecule has 0 saturated heterocycles. The van der Waals surface area contributed by atoms with Gasteiger partial charge in [-0.3, -0.25) is 4.55 Å². The van der Waals surface area contributed by atoms with E-state index in [4.69, 9.17) is 4.55 Å². The van der Waals surface area contributed by atoms with Gasteiger partial charge in [0.15, 0.2) is 0 Å². The molecule has 0 amide bonds. The lowest BCUT2D eigenvalue weighted by molar-refractivity contribution is 0.182. The van der Waals surface area contributed by atoms with Gasteiger partial charge in [-0.2, -0.15) is 8.42 Å². The molecule has 0 bridgehead atoms. The topological polar surface area (TPSA) is 54.4 Å². The lowest BCUT2D eigenvalue weighted by atomic mass is 9.73. The van der Waals surface area contributed by atoms with E-state index in [1.54, 1.807) is 0 Å². The molecule has 0 saturated carbocycles. The first-order chi connectivity index (χ1) is 6.31. The van der Waals surface area contributed by atoms with Gasteiger partial charge in [0.25, 0.3) is 10.1 Å². The minimum atomic E-state index is -3.88. The van der Waals surface area contributed by atoms with Crippen LogP contribution in [0, 0.1) is 16.7 Å². The van der Waals surface area contributed by atoms with E-state index in [0.29, 0.717) is 0 Å². The largest absolute Gasteiger partial charge is 0.286 e. The first kappa shape index (κ1) is 14.9. The molecule has 0 aromatic rings. The fourth-order valence-electron chi connectivity index (χ4n) is 1.61. The van der Waals surface area contributed by atoms with Crippen molar-refractivity contribution in [3.63, 3.8) is 0 Å². The normalized spacial score (nSPS) is 16.5. The molecule has 3 nitrogen and oxygen atoms in total. The van der Waals surface area contributed by atoms with Crippen molar-refractivity contribution in [1.29, 1.82) is 0 Å². The highest BCUT2D eigenvalue weighted by molar-refractivity contribution is 7.85. The Balaban J connectivity index is 4.78. The van der Waals surface area contributed by atoms with Crippen LogP contribution in [0.25, 0.3) is 0 Å². The van der Waals surface area contributed by atoms with E-state index < -0.39 is 10.1 Å². The quantitative estimate of drug-likeness (QED) is 0.766. The second-order valence-electron chi connectivity index (χ2n) is 6.58. The smallest absolute Gasteiger partial charge is 0.265 e. The van der Waals surface area contributed by atoms with E-state index in [1.165, 1.54) is 0 Å². The molecule has 1 unspecified atom stereocenters. The molecule has 0 aliphatic heterocycles. The summed E-state index contributed by atoms with van der Waals surface area (Å²) < 4.78 is 30.8. The Bertz CT molecular complexity index is 291. The third kappa shape index (κ3) is 7.79. The van der Waals surface area contributed by atoms with Gasteiger partial charge in [0.1, 0.15) is 0 Å². The molecule has 1 N–H and O–H groups in total. The maximum Gasteiger partial charge on any atom is 0.265 e. The van der Waals surface area contributed by atoms with Gasteiger partial charge in [0.05, 0.1) is 5.75 Å². The molecule has 0 aromatic heterocycles. The molecule has 0 rings (SSSR count). The minimum absolute atomic E-state index is 0.0208. The van der Waals surface area contributed by atoms with Crippen LogP contribution in [0.3, 0.4) is 0 Å². The van der Waals surface area contributed by atoms with Crippen LogP contribution in [-0.4, -0.2) is 18.7 Å². The Morgan fingerprint density at radius 3 is 1.67 bits per heavy atom. The summed E-state index contributed by atoms with van der Waals surface area (Å²) in [5, 5.41) is 0. The van der Waals surface area contributed by atoms with Crippen LogP contribution in [-0.2, 0) is 10.1 Å². The summed E-state index contributed by atoms with van der Waals surface area (Å²) in [5.41, 5.74) is -0.0360. The summed E-state index contributed by atoms with van der Waals surface area (Å²) in [4.78, 5) is 0. The van der Waals surface area contributed by atoms with Crippen molar-refractivity contribution in [2.75, 3.05) is 5.75 Å². The van der Waals surface area contributed by atoms with E-state index in [2.05, 4.69) is 20.8 Å². The van der Waals surface area contributed by atoms with Crippen molar-refractivity contribution < 1.29 is 13.0 Å². The predicted molar refractivity (Wildman–Crippen MR) is 63.4 cm³/mol. The monoisotopic (exact) mass is 236 g/mol. The maximum atomic E-state index is 10.9. The van der Waals surface area contributed by atoms with Crippen molar-refractivity contribution in [3.05, 3.63) is 0 Å². The molecule has 0 aliphatic rings. The van der Waals surface area contributed by atoms with Gasteiger partial charge >= 0.3 is 0 Å². The van der Waals surface area contributed by atoms with Crippen molar-refractivity contribution >= 4 is 10.1 Å². The van der Waals surface area contributed by atoms with Gasteiger partial charge in [-0.15, -0.1) is 0 Å². The van der Waals surface area contributed by atoms with Gasteiger partial charge in [-0.05, 0) is 23.2 Å². The fraction of sp³-hybridized carbons (Fsp3) is 1.00. The summed E-state index contributed by atoms with van der Waals surface area (Å²) in [6, 6.07) is 0. The molecule has 0 aromatic carbocycles. The van der Waals surface area contributed by atoms with Crippen LogP contribution in [0.4, 0.5) is 0 Å². The molecule has 0 spiro atoms. The number of rotatable bonds is 3. The van der Waals surface area contributed by atoms with E-state index >= 15 is 0 Å². The molecule has 0 fully saturated rings. The maximum absolute atomic E-state index is 10.9. The van der Waals surface area contributed by atoms with Gasteiger partial charge in [0.2, 0.25) is 0 Å². The third-order valence-corrected chi connectivity index (χ3v) is 3.32. The predicted octanol–water partition coefficient (Wildman–Crippen LogP) is 2.97. The highest BCUT2D eigenvalue weighted by atomic mass is 32.2. The number of hydrogen-bond donors (Lipinski definition) is 1. The summed E-state index contributed by atoms with van der Waals surface area (Å²) in [6.07, 6.45) is 0.788. The average molecular weight is 236 g/mol. The fourth-order valence-corrected chi connectivity index (χ4v) is 2.73.